The van der Waals surface area contributed by atoms with Crippen molar-refractivity contribution in [3.63, 3.8) is 0 Å². The van der Waals surface area contributed by atoms with E-state index in [1.807, 2.05) is 38.1 Å². The van der Waals surface area contributed by atoms with Gasteiger partial charge in [-0.05, 0) is 41.0 Å². The molecule has 0 saturated carbocycles. The Hall–Kier alpha value is -2.33. The lowest BCUT2D eigenvalue weighted by molar-refractivity contribution is -0.0541. The van der Waals surface area contributed by atoms with Crippen LogP contribution in [0.3, 0.4) is 0 Å². The molecular weight excluding hydrogens is 338 g/mol. The average Bonchev–Trinajstić information content (AvgIpc) is 3.00. The number of fused-ring (bicyclic) bond motifs is 3. The Balaban J connectivity index is 1.43. The quantitative estimate of drug-likeness (QED) is 0.876. The van der Waals surface area contributed by atoms with Crippen LogP contribution < -0.4 is 0 Å². The number of carbonyl (C=O) groups is 1. The third-order valence-corrected chi connectivity index (χ3v) is 6.30. The van der Waals surface area contributed by atoms with Crippen LogP contribution in [0, 0.1) is 5.92 Å². The molecule has 1 aliphatic carbocycles. The van der Waals surface area contributed by atoms with Crippen molar-refractivity contribution in [3.8, 4) is 11.1 Å². The third-order valence-electron chi connectivity index (χ3n) is 6.30. The molecule has 0 atom stereocenters. The van der Waals surface area contributed by atoms with E-state index in [9.17, 15) is 9.90 Å². The Labute approximate surface area is 160 Å². The van der Waals surface area contributed by atoms with Gasteiger partial charge in [-0.2, -0.15) is 0 Å². The number of carbonyl (C=O) groups excluding carboxylic acids is 1. The molecule has 1 heterocycles. The highest BCUT2D eigenvalue weighted by molar-refractivity contribution is 5.79. The van der Waals surface area contributed by atoms with Crippen molar-refractivity contribution >= 4 is 6.09 Å². The van der Waals surface area contributed by atoms with Crippen LogP contribution in [0.5, 0.6) is 0 Å². The van der Waals surface area contributed by atoms with E-state index < -0.39 is 5.60 Å². The maximum atomic E-state index is 12.6. The van der Waals surface area contributed by atoms with Gasteiger partial charge < -0.3 is 14.7 Å². The van der Waals surface area contributed by atoms with Gasteiger partial charge in [-0.1, -0.05) is 62.4 Å². The standard InChI is InChI=1S/C23H27NO3/c1-16(2)23(26)11-13-24(14-12-23)22(25)27-15-21-19-9-5-3-7-17(19)18-8-4-6-10-20(18)21/h3-10,16,21,26H,11-15H2,1-2H3. The topological polar surface area (TPSA) is 49.8 Å². The first kappa shape index (κ1) is 18.1. The number of likely N-dealkylation sites (tertiary alicyclic amines) is 1. The summed E-state index contributed by atoms with van der Waals surface area (Å²) in [5, 5.41) is 10.6. The number of aliphatic hydroxyl groups is 1. The van der Waals surface area contributed by atoms with Crippen molar-refractivity contribution in [2.45, 2.75) is 38.2 Å². The van der Waals surface area contributed by atoms with Gasteiger partial charge in [0.25, 0.3) is 0 Å². The van der Waals surface area contributed by atoms with E-state index in [0.717, 1.165) is 0 Å². The van der Waals surface area contributed by atoms with Crippen LogP contribution in [0.25, 0.3) is 11.1 Å². The van der Waals surface area contributed by atoms with Gasteiger partial charge in [0, 0.05) is 19.0 Å². The van der Waals surface area contributed by atoms with E-state index in [2.05, 4.69) is 24.3 Å². The highest BCUT2D eigenvalue weighted by Gasteiger charge is 2.37. The van der Waals surface area contributed by atoms with Crippen LogP contribution in [0.2, 0.25) is 0 Å². The monoisotopic (exact) mass is 365 g/mol. The molecule has 1 N–H and O–H groups in total. The van der Waals surface area contributed by atoms with Gasteiger partial charge in [0.05, 0.1) is 5.60 Å². The average molecular weight is 365 g/mol. The molecule has 1 saturated heterocycles. The largest absolute Gasteiger partial charge is 0.448 e. The van der Waals surface area contributed by atoms with E-state index in [-0.39, 0.29) is 17.9 Å². The van der Waals surface area contributed by atoms with Crippen LogP contribution in [0.15, 0.2) is 48.5 Å². The molecule has 1 fully saturated rings. The molecule has 0 spiro atoms. The SMILES string of the molecule is CC(C)C1(O)CCN(C(=O)OCC2c3ccccc3-c3ccccc32)CC1. The van der Waals surface area contributed by atoms with Crippen LogP contribution in [-0.2, 0) is 4.74 Å². The van der Waals surface area contributed by atoms with Gasteiger partial charge in [0.15, 0.2) is 0 Å². The molecule has 4 rings (SSSR count). The lowest BCUT2D eigenvalue weighted by Gasteiger charge is -2.40. The predicted molar refractivity (Wildman–Crippen MR) is 106 cm³/mol. The third kappa shape index (κ3) is 3.23. The second-order valence-corrected chi connectivity index (χ2v) is 8.05. The molecule has 4 nitrogen and oxygen atoms in total. The molecule has 2 aromatic carbocycles. The predicted octanol–water partition coefficient (Wildman–Crippen LogP) is 4.42. The molecule has 142 valence electrons. The fourth-order valence-electron chi connectivity index (χ4n) is 4.34. The zero-order chi connectivity index (χ0) is 19.0. The molecule has 4 heteroatoms. The minimum Gasteiger partial charge on any atom is -0.448 e. The van der Waals surface area contributed by atoms with Crippen molar-refractivity contribution in [2.75, 3.05) is 19.7 Å². The molecule has 0 bridgehead atoms. The van der Waals surface area contributed by atoms with Crippen LogP contribution >= 0.6 is 0 Å². The first-order valence-corrected chi connectivity index (χ1v) is 9.82. The first-order valence-electron chi connectivity index (χ1n) is 9.82. The van der Waals surface area contributed by atoms with E-state index in [1.165, 1.54) is 22.3 Å². The number of nitrogens with zero attached hydrogens (tertiary/aromatic N) is 1. The number of ether oxygens (including phenoxy) is 1. The first-order chi connectivity index (χ1) is 13.0. The fraction of sp³-hybridized carbons (Fsp3) is 0.435. The van der Waals surface area contributed by atoms with Gasteiger partial charge >= 0.3 is 6.09 Å². The molecular formula is C23H27NO3. The molecule has 0 radical (unpaired) electrons. The molecule has 1 aliphatic heterocycles. The summed E-state index contributed by atoms with van der Waals surface area (Å²) in [6.07, 6.45) is 0.937. The zero-order valence-electron chi connectivity index (χ0n) is 16.0. The second kappa shape index (κ2) is 7.01. The maximum absolute atomic E-state index is 12.6. The van der Waals surface area contributed by atoms with E-state index >= 15 is 0 Å². The van der Waals surface area contributed by atoms with Crippen LogP contribution in [0.1, 0.15) is 43.7 Å². The normalized spacial score (nSPS) is 18.3. The highest BCUT2D eigenvalue weighted by Crippen LogP contribution is 2.44. The van der Waals surface area contributed by atoms with E-state index in [4.69, 9.17) is 4.74 Å². The van der Waals surface area contributed by atoms with Crippen LogP contribution in [0.4, 0.5) is 4.79 Å². The minimum atomic E-state index is -0.667. The fourth-order valence-corrected chi connectivity index (χ4v) is 4.34. The van der Waals surface area contributed by atoms with Gasteiger partial charge in [-0.3, -0.25) is 0 Å². The van der Waals surface area contributed by atoms with E-state index in [1.54, 1.807) is 4.90 Å². The molecule has 0 aromatic heterocycles. The molecule has 1 amide bonds. The summed E-state index contributed by atoms with van der Waals surface area (Å²) in [6, 6.07) is 16.7. The summed E-state index contributed by atoms with van der Waals surface area (Å²) >= 11 is 0. The lowest BCUT2D eigenvalue weighted by atomic mass is 9.82. The minimum absolute atomic E-state index is 0.0822. The number of benzene rings is 2. The molecule has 0 unspecified atom stereocenters. The molecule has 2 aromatic rings. The summed E-state index contributed by atoms with van der Waals surface area (Å²) in [5.41, 5.74) is 4.24. The Bertz CT molecular complexity index is 792. The van der Waals surface area contributed by atoms with Crippen molar-refractivity contribution in [2.24, 2.45) is 5.92 Å². The van der Waals surface area contributed by atoms with Crippen molar-refractivity contribution < 1.29 is 14.6 Å². The van der Waals surface area contributed by atoms with Gasteiger partial charge in [0.2, 0.25) is 0 Å². The Morgan fingerprint density at radius 3 is 2.11 bits per heavy atom. The van der Waals surface area contributed by atoms with Crippen molar-refractivity contribution in [1.82, 2.24) is 4.90 Å². The van der Waals surface area contributed by atoms with Crippen molar-refractivity contribution in [3.05, 3.63) is 59.7 Å². The van der Waals surface area contributed by atoms with Gasteiger partial charge in [-0.15, -0.1) is 0 Å². The van der Waals surface area contributed by atoms with Crippen LogP contribution in [-0.4, -0.2) is 41.4 Å². The number of amides is 1. The Morgan fingerprint density at radius 1 is 1.07 bits per heavy atom. The number of hydrogen-bond donors (Lipinski definition) is 1. The van der Waals surface area contributed by atoms with Gasteiger partial charge in [0.1, 0.15) is 6.61 Å². The summed E-state index contributed by atoms with van der Waals surface area (Å²) in [7, 11) is 0. The van der Waals surface area contributed by atoms with E-state index in [0.29, 0.717) is 32.5 Å². The number of piperidine rings is 1. The smallest absolute Gasteiger partial charge is 0.409 e. The highest BCUT2D eigenvalue weighted by atomic mass is 16.6. The second-order valence-electron chi connectivity index (χ2n) is 8.05. The maximum Gasteiger partial charge on any atom is 0.409 e. The van der Waals surface area contributed by atoms with Crippen molar-refractivity contribution in [1.29, 1.82) is 0 Å². The Kier molecular flexibility index (Phi) is 4.68. The summed E-state index contributed by atoms with van der Waals surface area (Å²) in [5.74, 6) is 0.279. The number of rotatable bonds is 3. The molecule has 2 aliphatic rings. The summed E-state index contributed by atoms with van der Waals surface area (Å²) in [6.45, 7) is 5.50. The summed E-state index contributed by atoms with van der Waals surface area (Å²) in [4.78, 5) is 14.3. The lowest BCUT2D eigenvalue weighted by Crippen LogP contribution is -2.49. The Morgan fingerprint density at radius 2 is 1.59 bits per heavy atom. The van der Waals surface area contributed by atoms with Gasteiger partial charge in [-0.25, -0.2) is 4.79 Å². The zero-order valence-corrected chi connectivity index (χ0v) is 16.0. The molecule has 27 heavy (non-hydrogen) atoms. The summed E-state index contributed by atoms with van der Waals surface area (Å²) < 4.78 is 5.71. The number of hydrogen-bond acceptors (Lipinski definition) is 3.